The summed E-state index contributed by atoms with van der Waals surface area (Å²) >= 11 is 5.75. The molecule has 0 aromatic heterocycles. The van der Waals surface area contributed by atoms with Crippen molar-refractivity contribution in [3.8, 4) is 0 Å². The molecule has 1 N–H and O–H groups in total. The minimum absolute atomic E-state index is 0.105. The molecule has 0 amide bonds. The van der Waals surface area contributed by atoms with Gasteiger partial charge in [0.2, 0.25) is 0 Å². The normalized spacial score (nSPS) is 17.2. The maximum absolute atomic E-state index is 12.3. The quantitative estimate of drug-likeness (QED) is 0.645. The number of nitro benzene ring substituents is 1. The fraction of sp³-hybridized carbons (Fsp3) is 0.571. The smallest absolute Gasteiger partial charge is 0.379 e. The van der Waals surface area contributed by atoms with Crippen molar-refractivity contribution in [3.05, 3.63) is 33.3 Å². The molecular weight excluding hydrogens is 335 g/mol. The van der Waals surface area contributed by atoms with E-state index in [4.69, 9.17) is 11.6 Å². The summed E-state index contributed by atoms with van der Waals surface area (Å²) in [6, 6.07) is 4.37. The van der Waals surface area contributed by atoms with Crippen molar-refractivity contribution in [2.75, 3.05) is 31.5 Å². The van der Waals surface area contributed by atoms with Gasteiger partial charge >= 0.3 is 6.18 Å². The molecule has 128 valence electrons. The summed E-state index contributed by atoms with van der Waals surface area (Å²) < 4.78 is 37.0. The third-order valence-electron chi connectivity index (χ3n) is 3.85. The molecule has 0 saturated carbocycles. The van der Waals surface area contributed by atoms with Crippen molar-refractivity contribution in [2.24, 2.45) is 5.92 Å². The number of nitrogens with zero attached hydrogens (tertiary/aromatic N) is 2. The van der Waals surface area contributed by atoms with E-state index in [0.717, 1.165) is 0 Å². The topological polar surface area (TPSA) is 58.4 Å². The van der Waals surface area contributed by atoms with E-state index in [9.17, 15) is 23.3 Å². The number of halogens is 4. The zero-order chi connectivity index (χ0) is 17.0. The molecule has 0 radical (unpaired) electrons. The summed E-state index contributed by atoms with van der Waals surface area (Å²) in [5.41, 5.74) is 0.268. The van der Waals surface area contributed by atoms with Crippen molar-refractivity contribution >= 4 is 23.0 Å². The summed E-state index contributed by atoms with van der Waals surface area (Å²) in [6.07, 6.45) is -2.91. The van der Waals surface area contributed by atoms with Gasteiger partial charge in [0.1, 0.15) is 5.69 Å². The molecule has 1 saturated heterocycles. The number of alkyl halides is 3. The van der Waals surface area contributed by atoms with Gasteiger partial charge in [0, 0.05) is 17.6 Å². The van der Waals surface area contributed by atoms with Crippen LogP contribution in [0, 0.1) is 16.0 Å². The maximum atomic E-state index is 12.3. The Kier molecular flexibility index (Phi) is 5.69. The lowest BCUT2D eigenvalue weighted by molar-refractivity contribution is -0.383. The van der Waals surface area contributed by atoms with Gasteiger partial charge in [0.15, 0.2) is 0 Å². The van der Waals surface area contributed by atoms with E-state index in [0.29, 0.717) is 38.2 Å². The Bertz CT molecular complexity index is 561. The summed E-state index contributed by atoms with van der Waals surface area (Å²) in [7, 11) is 0. The number of hydrogen-bond acceptors (Lipinski definition) is 4. The van der Waals surface area contributed by atoms with Gasteiger partial charge in [-0.05, 0) is 44.0 Å². The molecule has 5 nitrogen and oxygen atoms in total. The average molecular weight is 352 g/mol. The van der Waals surface area contributed by atoms with Crippen LogP contribution in [0.5, 0.6) is 0 Å². The molecule has 2 rings (SSSR count). The summed E-state index contributed by atoms with van der Waals surface area (Å²) in [5.74, 6) is 0.190. The SMILES string of the molecule is O=[N+]([O-])c1cc(Cl)ccc1NCC1CCN(CC(F)(F)F)CC1. The van der Waals surface area contributed by atoms with Crippen molar-refractivity contribution < 1.29 is 18.1 Å². The molecule has 0 unspecified atom stereocenters. The van der Waals surface area contributed by atoms with Gasteiger partial charge in [-0.25, -0.2) is 0 Å². The third-order valence-corrected chi connectivity index (χ3v) is 4.08. The Balaban J connectivity index is 1.85. The second-order valence-corrected chi connectivity index (χ2v) is 6.07. The molecule has 1 heterocycles. The standard InChI is InChI=1S/C14H17ClF3N3O2/c15-11-1-2-12(13(7-11)21(22)23)19-8-10-3-5-20(6-4-10)9-14(16,17)18/h1-2,7,10,19H,3-6,8-9H2. The predicted molar refractivity (Wildman–Crippen MR) is 81.8 cm³/mol. The Morgan fingerprint density at radius 2 is 2.00 bits per heavy atom. The lowest BCUT2D eigenvalue weighted by Gasteiger charge is -2.32. The van der Waals surface area contributed by atoms with Gasteiger partial charge in [-0.1, -0.05) is 11.6 Å². The predicted octanol–water partition coefficient (Wildman–Crippen LogP) is 3.93. The molecule has 0 spiro atoms. The van der Waals surface area contributed by atoms with Gasteiger partial charge in [-0.3, -0.25) is 15.0 Å². The number of anilines is 1. The number of hydrogen-bond donors (Lipinski definition) is 1. The molecule has 1 aliphatic rings. The zero-order valence-electron chi connectivity index (χ0n) is 12.3. The summed E-state index contributed by atoms with van der Waals surface area (Å²) in [4.78, 5) is 11.9. The zero-order valence-corrected chi connectivity index (χ0v) is 13.0. The molecule has 0 aliphatic carbocycles. The molecular formula is C14H17ClF3N3O2. The van der Waals surface area contributed by atoms with Crippen LogP contribution in [0.15, 0.2) is 18.2 Å². The second-order valence-electron chi connectivity index (χ2n) is 5.63. The maximum Gasteiger partial charge on any atom is 0.401 e. The molecule has 1 aromatic rings. The molecule has 1 aliphatic heterocycles. The van der Waals surface area contributed by atoms with Crippen LogP contribution in [-0.4, -0.2) is 42.2 Å². The van der Waals surface area contributed by atoms with Gasteiger partial charge < -0.3 is 5.32 Å². The first kappa shape index (κ1) is 17.8. The summed E-state index contributed by atoms with van der Waals surface area (Å²) in [5, 5.41) is 14.3. The Labute approximate surface area is 136 Å². The van der Waals surface area contributed by atoms with Crippen molar-refractivity contribution in [1.29, 1.82) is 0 Å². The van der Waals surface area contributed by atoms with E-state index in [2.05, 4.69) is 5.32 Å². The van der Waals surface area contributed by atoms with Crippen LogP contribution in [0.3, 0.4) is 0 Å². The average Bonchev–Trinajstić information content (AvgIpc) is 2.45. The highest BCUT2D eigenvalue weighted by Gasteiger charge is 2.32. The van der Waals surface area contributed by atoms with Crippen LogP contribution in [0.4, 0.5) is 24.5 Å². The van der Waals surface area contributed by atoms with Crippen molar-refractivity contribution in [1.82, 2.24) is 4.90 Å². The first-order chi connectivity index (χ1) is 10.7. The van der Waals surface area contributed by atoms with E-state index in [1.807, 2.05) is 0 Å². The fourth-order valence-corrected chi connectivity index (χ4v) is 2.83. The van der Waals surface area contributed by atoms with Crippen molar-refractivity contribution in [2.45, 2.75) is 19.0 Å². The molecule has 0 atom stereocenters. The lowest BCUT2D eigenvalue weighted by atomic mass is 9.96. The van der Waals surface area contributed by atoms with E-state index in [-0.39, 0.29) is 16.6 Å². The van der Waals surface area contributed by atoms with Crippen LogP contribution < -0.4 is 5.32 Å². The largest absolute Gasteiger partial charge is 0.401 e. The Morgan fingerprint density at radius 3 is 2.57 bits per heavy atom. The van der Waals surface area contributed by atoms with Gasteiger partial charge in [-0.15, -0.1) is 0 Å². The molecule has 23 heavy (non-hydrogen) atoms. The molecule has 1 aromatic carbocycles. The van der Waals surface area contributed by atoms with Gasteiger partial charge in [0.25, 0.3) is 5.69 Å². The van der Waals surface area contributed by atoms with Crippen LogP contribution in [0.2, 0.25) is 5.02 Å². The van der Waals surface area contributed by atoms with Crippen LogP contribution in [-0.2, 0) is 0 Å². The monoisotopic (exact) mass is 351 g/mol. The fourth-order valence-electron chi connectivity index (χ4n) is 2.66. The minimum Gasteiger partial charge on any atom is -0.379 e. The number of benzene rings is 1. The third kappa shape index (κ3) is 5.54. The number of nitro groups is 1. The molecule has 1 fully saturated rings. The van der Waals surface area contributed by atoms with Crippen LogP contribution in [0.25, 0.3) is 0 Å². The van der Waals surface area contributed by atoms with Crippen molar-refractivity contribution in [3.63, 3.8) is 0 Å². The van der Waals surface area contributed by atoms with E-state index >= 15 is 0 Å². The first-order valence-electron chi connectivity index (χ1n) is 7.21. The highest BCUT2D eigenvalue weighted by Crippen LogP contribution is 2.29. The second kappa shape index (κ2) is 7.35. The van der Waals surface area contributed by atoms with Crippen LogP contribution in [0.1, 0.15) is 12.8 Å². The highest BCUT2D eigenvalue weighted by atomic mass is 35.5. The number of rotatable bonds is 5. The van der Waals surface area contributed by atoms with E-state index < -0.39 is 17.6 Å². The molecule has 0 bridgehead atoms. The Morgan fingerprint density at radius 1 is 1.35 bits per heavy atom. The Hall–Kier alpha value is -1.54. The highest BCUT2D eigenvalue weighted by molar-refractivity contribution is 6.30. The number of piperidine rings is 1. The van der Waals surface area contributed by atoms with E-state index in [1.54, 1.807) is 12.1 Å². The van der Waals surface area contributed by atoms with E-state index in [1.165, 1.54) is 11.0 Å². The molecule has 9 heteroatoms. The van der Waals surface area contributed by atoms with Gasteiger partial charge in [-0.2, -0.15) is 13.2 Å². The number of likely N-dealkylation sites (tertiary alicyclic amines) is 1. The lowest BCUT2D eigenvalue weighted by Crippen LogP contribution is -2.41. The first-order valence-corrected chi connectivity index (χ1v) is 7.59. The minimum atomic E-state index is -4.17. The van der Waals surface area contributed by atoms with Crippen LogP contribution >= 0.6 is 11.6 Å². The van der Waals surface area contributed by atoms with Gasteiger partial charge in [0.05, 0.1) is 11.5 Å². The number of nitrogens with one attached hydrogen (secondary N) is 1. The summed E-state index contributed by atoms with van der Waals surface area (Å²) in [6.45, 7) is 0.376.